The lowest BCUT2D eigenvalue weighted by Crippen LogP contribution is -2.32. The summed E-state index contributed by atoms with van der Waals surface area (Å²) in [6.07, 6.45) is -9.14. The second kappa shape index (κ2) is 8.43. The van der Waals surface area contributed by atoms with Crippen LogP contribution < -0.4 is 9.47 Å². The lowest BCUT2D eigenvalue weighted by Gasteiger charge is -2.27. The average molecular weight is 520 g/mol. The van der Waals surface area contributed by atoms with Crippen molar-refractivity contribution in [1.82, 2.24) is 4.90 Å². The molecule has 2 aliphatic rings. The normalized spacial score (nSPS) is 20.8. The third-order valence-electron chi connectivity index (χ3n) is 6.43. The van der Waals surface area contributed by atoms with Crippen molar-refractivity contribution < 1.29 is 35.8 Å². The minimum absolute atomic E-state index is 0.161. The van der Waals surface area contributed by atoms with E-state index < -0.39 is 35.2 Å². The number of rotatable bonds is 6. The van der Waals surface area contributed by atoms with Crippen LogP contribution in [0.1, 0.15) is 47.7 Å². The predicted octanol–water partition coefficient (Wildman–Crippen LogP) is 7.19. The van der Waals surface area contributed by atoms with Crippen LogP contribution in [0.25, 0.3) is 0 Å². The Hall–Kier alpha value is -3.69. The van der Waals surface area contributed by atoms with E-state index in [0.29, 0.717) is 34.0 Å². The molecule has 10 heteroatoms. The zero-order valence-corrected chi connectivity index (χ0v) is 20.0. The van der Waals surface area contributed by atoms with Crippen LogP contribution >= 0.6 is 0 Å². The Labute approximate surface area is 209 Å². The molecule has 0 bridgehead atoms. The fourth-order valence-electron chi connectivity index (χ4n) is 4.71. The lowest BCUT2D eigenvalue weighted by molar-refractivity contribution is -0.138. The van der Waals surface area contributed by atoms with E-state index in [1.165, 1.54) is 31.4 Å². The monoisotopic (exact) mass is 520 g/mol. The molecule has 1 fully saturated rings. The fraction of sp³-hybridized carbons (Fsp3) is 0.296. The molecule has 194 valence electrons. The Balaban J connectivity index is 1.57. The number of aliphatic imine (C=N–C) groups is 1. The highest BCUT2D eigenvalue weighted by atomic mass is 19.4. The van der Waals surface area contributed by atoms with Crippen molar-refractivity contribution in [2.75, 3.05) is 7.11 Å². The Morgan fingerprint density at radius 3 is 1.92 bits per heavy atom. The summed E-state index contributed by atoms with van der Waals surface area (Å²) in [5, 5.41) is 0. The van der Waals surface area contributed by atoms with E-state index in [4.69, 9.17) is 14.5 Å². The molecule has 0 amide bonds. The van der Waals surface area contributed by atoms with Crippen LogP contribution in [-0.2, 0) is 18.0 Å². The third-order valence-corrected chi connectivity index (χ3v) is 6.43. The first-order valence-electron chi connectivity index (χ1n) is 11.5. The second-order valence-corrected chi connectivity index (χ2v) is 9.16. The predicted molar refractivity (Wildman–Crippen MR) is 124 cm³/mol. The summed E-state index contributed by atoms with van der Waals surface area (Å²) in [6.45, 7) is 3.72. The summed E-state index contributed by atoms with van der Waals surface area (Å²) < 4.78 is 90.0. The molecule has 0 aliphatic carbocycles. The number of hydrogen-bond acceptors (Lipinski definition) is 4. The highest BCUT2D eigenvalue weighted by Gasteiger charge is 2.72. The van der Waals surface area contributed by atoms with Gasteiger partial charge in [0.1, 0.15) is 23.4 Å². The van der Waals surface area contributed by atoms with Gasteiger partial charge in [-0.05, 0) is 55.8 Å². The summed E-state index contributed by atoms with van der Waals surface area (Å²) in [4.78, 5) is 6.71. The number of fused-ring (bicyclic) bond motifs is 1. The van der Waals surface area contributed by atoms with Gasteiger partial charge < -0.3 is 14.4 Å². The van der Waals surface area contributed by atoms with Gasteiger partial charge in [-0.1, -0.05) is 24.3 Å². The highest BCUT2D eigenvalue weighted by Crippen LogP contribution is 2.68. The number of halogens is 6. The summed E-state index contributed by atoms with van der Waals surface area (Å²) in [6, 6.07) is 14.2. The van der Waals surface area contributed by atoms with E-state index in [0.717, 1.165) is 24.3 Å². The maximum absolute atomic E-state index is 13.1. The number of ether oxygens (including phenoxy) is 2. The molecule has 5 rings (SSSR count). The van der Waals surface area contributed by atoms with Gasteiger partial charge >= 0.3 is 12.4 Å². The van der Waals surface area contributed by atoms with Gasteiger partial charge in [0.2, 0.25) is 0 Å². The number of amidine groups is 1. The number of benzene rings is 3. The second-order valence-electron chi connectivity index (χ2n) is 9.16. The molecule has 0 spiro atoms. The molecule has 0 aromatic heterocycles. The van der Waals surface area contributed by atoms with Gasteiger partial charge in [-0.3, -0.25) is 0 Å². The molecule has 2 unspecified atom stereocenters. The Morgan fingerprint density at radius 1 is 0.838 bits per heavy atom. The minimum atomic E-state index is -4.49. The molecular weight excluding hydrogens is 498 g/mol. The number of nitrogens with zero attached hydrogens (tertiary/aromatic N) is 2. The Morgan fingerprint density at radius 2 is 1.41 bits per heavy atom. The van der Waals surface area contributed by atoms with E-state index >= 15 is 0 Å². The SMILES string of the molecule is COc1ccc(C2=NC3(c4ccc(C(F)(F)F)cc4)C(c4ccc(C(F)(F)F)cc4)N23)c(OC(C)C)c1. The van der Waals surface area contributed by atoms with E-state index in [2.05, 4.69) is 0 Å². The van der Waals surface area contributed by atoms with Crippen LogP contribution in [0.4, 0.5) is 26.3 Å². The average Bonchev–Trinajstić information content (AvgIpc) is 3.37. The zero-order valence-electron chi connectivity index (χ0n) is 20.0. The van der Waals surface area contributed by atoms with Crippen LogP contribution in [0.5, 0.6) is 11.5 Å². The molecule has 0 saturated carbocycles. The molecule has 37 heavy (non-hydrogen) atoms. The third kappa shape index (κ3) is 4.18. The fourth-order valence-corrected chi connectivity index (χ4v) is 4.71. The van der Waals surface area contributed by atoms with Crippen molar-refractivity contribution in [3.8, 4) is 11.5 Å². The molecule has 3 aromatic rings. The van der Waals surface area contributed by atoms with Gasteiger partial charge in [0.25, 0.3) is 0 Å². The molecule has 3 aromatic carbocycles. The summed E-state index contributed by atoms with van der Waals surface area (Å²) in [7, 11) is 1.52. The van der Waals surface area contributed by atoms with Gasteiger partial charge in [-0.15, -0.1) is 0 Å². The zero-order chi connectivity index (χ0) is 26.8. The molecule has 0 N–H and O–H groups in total. The van der Waals surface area contributed by atoms with Crippen molar-refractivity contribution in [2.24, 2.45) is 4.99 Å². The molecule has 0 radical (unpaired) electrons. The summed E-state index contributed by atoms with van der Waals surface area (Å²) in [5.74, 6) is 1.61. The standard InChI is InChI=1S/C27H22F6N2O2/c1-15(2)37-22-14-20(36-3)12-13-21(22)24-34-25(17-8-10-19(11-9-17)27(31,32)33)23(35(24)25)16-4-6-18(7-5-16)26(28,29)30/h4-15,23H,1-3H3. The van der Waals surface area contributed by atoms with Crippen LogP contribution in [0.15, 0.2) is 71.7 Å². The van der Waals surface area contributed by atoms with Crippen molar-refractivity contribution in [3.63, 3.8) is 0 Å². The van der Waals surface area contributed by atoms with Gasteiger partial charge in [0, 0.05) is 11.6 Å². The molecule has 1 saturated heterocycles. The summed E-state index contributed by atoms with van der Waals surface area (Å²) in [5.41, 5.74) is -0.885. The van der Waals surface area contributed by atoms with Crippen molar-refractivity contribution in [1.29, 1.82) is 0 Å². The van der Waals surface area contributed by atoms with Gasteiger partial charge in [-0.25, -0.2) is 4.99 Å². The molecule has 2 aliphatic heterocycles. The van der Waals surface area contributed by atoms with E-state index in [1.54, 1.807) is 18.2 Å². The lowest BCUT2D eigenvalue weighted by atomic mass is 9.96. The largest absolute Gasteiger partial charge is 0.497 e. The highest BCUT2D eigenvalue weighted by molar-refractivity contribution is 6.08. The number of alkyl halides is 6. The number of hydrogen-bond donors (Lipinski definition) is 0. The minimum Gasteiger partial charge on any atom is -0.497 e. The molecule has 4 nitrogen and oxygen atoms in total. The van der Waals surface area contributed by atoms with Crippen LogP contribution in [0.2, 0.25) is 0 Å². The number of methoxy groups -OCH3 is 1. The quantitative estimate of drug-likeness (QED) is 0.255. The topological polar surface area (TPSA) is 33.8 Å². The van der Waals surface area contributed by atoms with Crippen LogP contribution in [-0.4, -0.2) is 23.9 Å². The van der Waals surface area contributed by atoms with Crippen LogP contribution in [0.3, 0.4) is 0 Å². The van der Waals surface area contributed by atoms with Crippen molar-refractivity contribution >= 4 is 5.84 Å². The first-order chi connectivity index (χ1) is 17.4. The van der Waals surface area contributed by atoms with Crippen LogP contribution in [0, 0.1) is 0 Å². The van der Waals surface area contributed by atoms with Gasteiger partial charge in [-0.2, -0.15) is 26.3 Å². The molecule has 2 heterocycles. The first-order valence-corrected chi connectivity index (χ1v) is 11.5. The van der Waals surface area contributed by atoms with E-state index in [-0.39, 0.29) is 6.10 Å². The van der Waals surface area contributed by atoms with Gasteiger partial charge in [0.05, 0.1) is 29.9 Å². The molecule has 2 atom stereocenters. The maximum atomic E-state index is 13.1. The first kappa shape index (κ1) is 25.0. The smallest absolute Gasteiger partial charge is 0.416 e. The molecular formula is C27H22F6N2O2. The maximum Gasteiger partial charge on any atom is 0.416 e. The van der Waals surface area contributed by atoms with E-state index in [1.807, 2.05) is 18.7 Å². The van der Waals surface area contributed by atoms with E-state index in [9.17, 15) is 26.3 Å². The Bertz CT molecular complexity index is 1350. The summed E-state index contributed by atoms with van der Waals surface area (Å²) >= 11 is 0. The van der Waals surface area contributed by atoms with Crippen molar-refractivity contribution in [2.45, 2.75) is 44.0 Å². The van der Waals surface area contributed by atoms with Gasteiger partial charge in [0.15, 0.2) is 5.66 Å². The Kier molecular flexibility index (Phi) is 5.69. The van der Waals surface area contributed by atoms with Crippen molar-refractivity contribution in [3.05, 3.63) is 94.5 Å².